The zero-order valence-electron chi connectivity index (χ0n) is 8.65. The Bertz CT molecular complexity index is 653. The van der Waals surface area contributed by atoms with Crippen LogP contribution in [-0.4, -0.2) is 30.2 Å². The van der Waals surface area contributed by atoms with E-state index < -0.39 is 5.97 Å². The van der Waals surface area contributed by atoms with Crippen LogP contribution in [0.1, 0.15) is 16.1 Å². The van der Waals surface area contributed by atoms with E-state index in [1.165, 1.54) is 12.4 Å². The monoisotopic (exact) mass is 248 g/mol. The van der Waals surface area contributed by atoms with E-state index in [0.717, 1.165) is 10.7 Å². The van der Waals surface area contributed by atoms with Gasteiger partial charge < -0.3 is 5.11 Å². The van der Waals surface area contributed by atoms with Crippen molar-refractivity contribution in [3.63, 3.8) is 0 Å². The summed E-state index contributed by atoms with van der Waals surface area (Å²) in [5.41, 5.74) is 1.04. The van der Waals surface area contributed by atoms with Gasteiger partial charge in [-0.2, -0.15) is 5.10 Å². The predicted octanol–water partition coefficient (Wildman–Crippen LogP) is 1.34. The molecule has 1 N–H and O–H groups in total. The second kappa shape index (κ2) is 3.70. The number of carbonyl (C=O) groups is 1. The molecular weight excluding hydrogens is 240 g/mol. The Morgan fingerprint density at radius 3 is 3.06 bits per heavy atom. The predicted molar refractivity (Wildman–Crippen MR) is 61.4 cm³/mol. The molecule has 0 aromatic carbocycles. The third kappa shape index (κ3) is 1.80. The number of carboxylic acids is 1. The number of aromatic carboxylic acids is 1. The minimum atomic E-state index is -0.970. The van der Waals surface area contributed by atoms with Crippen LogP contribution in [0.2, 0.25) is 0 Å². The van der Waals surface area contributed by atoms with Crippen LogP contribution < -0.4 is 0 Å². The molecule has 0 unspecified atom stereocenters. The van der Waals surface area contributed by atoms with E-state index in [0.29, 0.717) is 6.54 Å². The first-order valence-corrected chi connectivity index (χ1v) is 5.77. The van der Waals surface area contributed by atoms with E-state index in [1.54, 1.807) is 16.0 Å². The van der Waals surface area contributed by atoms with E-state index in [1.807, 2.05) is 22.2 Å². The summed E-state index contributed by atoms with van der Waals surface area (Å²) in [6, 6.07) is 0. The van der Waals surface area contributed by atoms with Gasteiger partial charge in [0.2, 0.25) is 0 Å². The van der Waals surface area contributed by atoms with E-state index in [2.05, 4.69) is 10.1 Å². The van der Waals surface area contributed by atoms with Crippen molar-refractivity contribution in [1.29, 1.82) is 0 Å². The van der Waals surface area contributed by atoms with Gasteiger partial charge in [-0.1, -0.05) is 0 Å². The Morgan fingerprint density at radius 1 is 1.47 bits per heavy atom. The van der Waals surface area contributed by atoms with Crippen LogP contribution >= 0.6 is 11.3 Å². The summed E-state index contributed by atoms with van der Waals surface area (Å²) in [5.74, 6) is -0.970. The summed E-state index contributed by atoms with van der Waals surface area (Å²) in [6.07, 6.45) is 6.67. The van der Waals surface area contributed by atoms with Crippen LogP contribution in [-0.2, 0) is 6.54 Å². The number of thiazole rings is 1. The molecule has 0 saturated heterocycles. The third-order valence-corrected chi connectivity index (χ3v) is 3.12. The van der Waals surface area contributed by atoms with Gasteiger partial charge in [-0.25, -0.2) is 9.78 Å². The third-order valence-electron chi connectivity index (χ3n) is 2.35. The van der Waals surface area contributed by atoms with Crippen molar-refractivity contribution in [2.24, 2.45) is 0 Å². The van der Waals surface area contributed by atoms with E-state index in [9.17, 15) is 4.79 Å². The molecule has 0 bridgehead atoms. The van der Waals surface area contributed by atoms with Crippen LogP contribution in [0.15, 0.2) is 30.2 Å². The molecule has 7 heteroatoms. The van der Waals surface area contributed by atoms with Gasteiger partial charge in [-0.15, -0.1) is 11.3 Å². The van der Waals surface area contributed by atoms with Gasteiger partial charge in [0.05, 0.1) is 24.0 Å². The van der Waals surface area contributed by atoms with Crippen LogP contribution in [0, 0.1) is 0 Å². The van der Waals surface area contributed by atoms with Crippen molar-refractivity contribution in [2.45, 2.75) is 6.54 Å². The molecule has 0 aliphatic rings. The molecule has 3 aromatic heterocycles. The first-order valence-electron chi connectivity index (χ1n) is 4.89. The lowest BCUT2D eigenvalue weighted by molar-refractivity contribution is 0.0697. The summed E-state index contributed by atoms with van der Waals surface area (Å²) < 4.78 is 3.50. The lowest BCUT2D eigenvalue weighted by Gasteiger charge is -1.95. The maximum atomic E-state index is 10.7. The van der Waals surface area contributed by atoms with Gasteiger partial charge in [0, 0.05) is 24.0 Å². The van der Waals surface area contributed by atoms with Crippen LogP contribution in [0.5, 0.6) is 0 Å². The molecule has 86 valence electrons. The molecule has 17 heavy (non-hydrogen) atoms. The van der Waals surface area contributed by atoms with Crippen molar-refractivity contribution in [2.75, 3.05) is 0 Å². The number of hydrogen-bond acceptors (Lipinski definition) is 4. The lowest BCUT2D eigenvalue weighted by atomic mass is 10.4. The molecule has 0 aliphatic heterocycles. The summed E-state index contributed by atoms with van der Waals surface area (Å²) in [6.45, 7) is 0.474. The lowest BCUT2D eigenvalue weighted by Crippen LogP contribution is -2.00. The van der Waals surface area contributed by atoms with Gasteiger partial charge in [0.15, 0.2) is 4.96 Å². The number of imidazole rings is 1. The molecule has 3 rings (SSSR count). The molecule has 3 heterocycles. The molecule has 0 spiro atoms. The minimum Gasteiger partial charge on any atom is -0.478 e. The van der Waals surface area contributed by atoms with Gasteiger partial charge >= 0.3 is 5.97 Å². The van der Waals surface area contributed by atoms with Gasteiger partial charge in [-0.05, 0) is 0 Å². The zero-order chi connectivity index (χ0) is 11.8. The molecule has 3 aromatic rings. The Morgan fingerprint density at radius 2 is 2.35 bits per heavy atom. The first-order chi connectivity index (χ1) is 8.22. The minimum absolute atomic E-state index is 0.186. The maximum absolute atomic E-state index is 10.7. The fourth-order valence-corrected chi connectivity index (χ4v) is 2.30. The normalized spacial score (nSPS) is 11.1. The largest absolute Gasteiger partial charge is 0.478 e. The second-order valence-electron chi connectivity index (χ2n) is 3.56. The number of carboxylic acid groups (broad SMARTS) is 1. The van der Waals surface area contributed by atoms with E-state index in [4.69, 9.17) is 5.11 Å². The number of fused-ring (bicyclic) bond motifs is 1. The summed E-state index contributed by atoms with van der Waals surface area (Å²) in [4.78, 5) is 16.0. The Balaban J connectivity index is 1.86. The number of hydrogen-bond donors (Lipinski definition) is 1. The number of rotatable bonds is 3. The molecule has 6 nitrogen and oxygen atoms in total. The Hall–Kier alpha value is -2.15. The molecule has 0 fully saturated rings. The SMILES string of the molecule is O=C(O)c1cnn(Cc2cn3ccsc3n2)c1. The van der Waals surface area contributed by atoms with Crippen LogP contribution in [0.3, 0.4) is 0 Å². The molecule has 0 saturated carbocycles. The van der Waals surface area contributed by atoms with Crippen molar-refractivity contribution in [1.82, 2.24) is 19.2 Å². The highest BCUT2D eigenvalue weighted by atomic mass is 32.1. The zero-order valence-corrected chi connectivity index (χ0v) is 9.46. The first kappa shape index (κ1) is 10.0. The Kier molecular flexibility index (Phi) is 2.19. The number of nitrogens with zero attached hydrogens (tertiary/aromatic N) is 4. The van der Waals surface area contributed by atoms with E-state index in [-0.39, 0.29) is 5.56 Å². The molecule has 0 atom stereocenters. The maximum Gasteiger partial charge on any atom is 0.338 e. The molecular formula is C10H8N4O2S. The average molecular weight is 248 g/mol. The smallest absolute Gasteiger partial charge is 0.338 e. The van der Waals surface area contributed by atoms with Gasteiger partial charge in [0.25, 0.3) is 0 Å². The highest BCUT2D eigenvalue weighted by Gasteiger charge is 2.08. The highest BCUT2D eigenvalue weighted by molar-refractivity contribution is 7.15. The van der Waals surface area contributed by atoms with Gasteiger partial charge in [-0.3, -0.25) is 9.08 Å². The van der Waals surface area contributed by atoms with Crippen LogP contribution in [0.25, 0.3) is 4.96 Å². The molecule has 0 amide bonds. The van der Waals surface area contributed by atoms with Gasteiger partial charge in [0.1, 0.15) is 0 Å². The average Bonchev–Trinajstić information content (AvgIpc) is 2.91. The summed E-state index contributed by atoms with van der Waals surface area (Å²) >= 11 is 1.56. The molecule has 0 radical (unpaired) electrons. The van der Waals surface area contributed by atoms with Crippen LogP contribution in [0.4, 0.5) is 0 Å². The molecule has 0 aliphatic carbocycles. The van der Waals surface area contributed by atoms with Crippen molar-refractivity contribution in [3.8, 4) is 0 Å². The number of aromatic nitrogens is 4. The topological polar surface area (TPSA) is 72.4 Å². The summed E-state index contributed by atoms with van der Waals surface area (Å²) in [7, 11) is 0. The fraction of sp³-hybridized carbons (Fsp3) is 0.100. The fourth-order valence-electron chi connectivity index (χ4n) is 1.58. The Labute approximate surface area is 99.8 Å². The second-order valence-corrected chi connectivity index (χ2v) is 4.43. The van der Waals surface area contributed by atoms with Crippen molar-refractivity contribution >= 4 is 22.3 Å². The summed E-state index contributed by atoms with van der Waals surface area (Å²) in [5, 5.41) is 14.7. The standard InChI is InChI=1S/C10H8N4O2S/c15-9(16)7-3-11-14(4-7)6-8-5-13-1-2-17-10(13)12-8/h1-5H,6H2,(H,15,16). The quantitative estimate of drug-likeness (QED) is 0.759. The van der Waals surface area contributed by atoms with Crippen molar-refractivity contribution in [3.05, 3.63) is 41.4 Å². The van der Waals surface area contributed by atoms with E-state index >= 15 is 0 Å². The van der Waals surface area contributed by atoms with Crippen molar-refractivity contribution < 1.29 is 9.90 Å². The highest BCUT2D eigenvalue weighted by Crippen LogP contribution is 2.12.